The molecule has 106 valence electrons. The summed E-state index contributed by atoms with van der Waals surface area (Å²) in [5, 5.41) is 10.7. The number of carbonyl (C=O) groups is 1. The van der Waals surface area contributed by atoms with E-state index in [-0.39, 0.29) is 5.97 Å². The van der Waals surface area contributed by atoms with E-state index in [1.165, 1.54) is 6.42 Å². The molecule has 4 rings (SSSR count). The first-order valence-corrected chi connectivity index (χ1v) is 7.49. The quantitative estimate of drug-likeness (QED) is 0.630. The average Bonchev–Trinajstić information content (AvgIpc) is 2.25. The van der Waals surface area contributed by atoms with Gasteiger partial charge < -0.3 is 9.84 Å². The zero-order valence-electron chi connectivity index (χ0n) is 11.9. The van der Waals surface area contributed by atoms with Crippen molar-refractivity contribution < 1.29 is 14.6 Å². The van der Waals surface area contributed by atoms with Crippen LogP contribution in [0.5, 0.6) is 0 Å². The second kappa shape index (κ2) is 4.08. The SMILES string of the molecule is C=C(C)C(=O)OC12CC3CC(CC(O)(C3)C1)C2CC. The van der Waals surface area contributed by atoms with Gasteiger partial charge in [-0.25, -0.2) is 4.79 Å². The van der Waals surface area contributed by atoms with E-state index in [9.17, 15) is 9.90 Å². The van der Waals surface area contributed by atoms with Crippen molar-refractivity contribution in [2.24, 2.45) is 17.8 Å². The molecule has 19 heavy (non-hydrogen) atoms. The van der Waals surface area contributed by atoms with Gasteiger partial charge in [-0.15, -0.1) is 0 Å². The third-order valence-corrected chi connectivity index (χ3v) is 5.54. The van der Waals surface area contributed by atoms with Gasteiger partial charge in [-0.2, -0.15) is 0 Å². The molecule has 0 aromatic heterocycles. The standard InChI is InChI=1S/C16H24O3/c1-4-13-12-5-11-6-15(18,8-12)9-16(13,7-11)19-14(17)10(2)3/h11-13,18H,2,4-9H2,1,3H3. The van der Waals surface area contributed by atoms with Crippen molar-refractivity contribution >= 4 is 5.97 Å². The Kier molecular flexibility index (Phi) is 2.83. The lowest BCUT2D eigenvalue weighted by Gasteiger charge is -2.63. The van der Waals surface area contributed by atoms with Crippen LogP contribution in [0.1, 0.15) is 52.4 Å². The highest BCUT2D eigenvalue weighted by atomic mass is 16.6. The number of hydrogen-bond donors (Lipinski definition) is 1. The molecule has 0 radical (unpaired) electrons. The minimum absolute atomic E-state index is 0.288. The van der Waals surface area contributed by atoms with Gasteiger partial charge in [0.25, 0.3) is 0 Å². The van der Waals surface area contributed by atoms with Crippen LogP contribution in [0.15, 0.2) is 12.2 Å². The van der Waals surface area contributed by atoms with Gasteiger partial charge >= 0.3 is 5.97 Å². The highest BCUT2D eigenvalue weighted by Gasteiger charge is 2.63. The highest BCUT2D eigenvalue weighted by molar-refractivity contribution is 5.87. The molecule has 0 heterocycles. The Labute approximate surface area is 115 Å². The Hall–Kier alpha value is -0.830. The van der Waals surface area contributed by atoms with Crippen LogP contribution >= 0.6 is 0 Å². The molecular weight excluding hydrogens is 240 g/mol. The summed E-state index contributed by atoms with van der Waals surface area (Å²) in [6.45, 7) is 7.55. The maximum atomic E-state index is 12.0. The van der Waals surface area contributed by atoms with Crippen LogP contribution in [0.3, 0.4) is 0 Å². The van der Waals surface area contributed by atoms with Crippen LogP contribution in [-0.4, -0.2) is 22.3 Å². The first-order valence-electron chi connectivity index (χ1n) is 7.49. The largest absolute Gasteiger partial charge is 0.455 e. The highest BCUT2D eigenvalue weighted by Crippen LogP contribution is 2.62. The molecule has 4 bridgehead atoms. The van der Waals surface area contributed by atoms with Crippen molar-refractivity contribution in [3.63, 3.8) is 0 Å². The minimum atomic E-state index is -0.590. The van der Waals surface area contributed by atoms with E-state index in [4.69, 9.17) is 4.74 Å². The van der Waals surface area contributed by atoms with E-state index in [0.29, 0.717) is 29.7 Å². The van der Waals surface area contributed by atoms with E-state index in [1.807, 2.05) is 0 Å². The molecule has 3 nitrogen and oxygen atoms in total. The van der Waals surface area contributed by atoms with Crippen molar-refractivity contribution in [1.29, 1.82) is 0 Å². The lowest BCUT2D eigenvalue weighted by atomic mass is 9.47. The fourth-order valence-electron chi connectivity index (χ4n) is 5.27. The summed E-state index contributed by atoms with van der Waals surface area (Å²) in [4.78, 5) is 12.0. The second-order valence-electron chi connectivity index (χ2n) is 7.12. The Morgan fingerprint density at radius 2 is 2.16 bits per heavy atom. The van der Waals surface area contributed by atoms with Crippen LogP contribution in [0, 0.1) is 17.8 Å². The maximum Gasteiger partial charge on any atom is 0.333 e. The summed E-state index contributed by atoms with van der Waals surface area (Å²) in [6.07, 6.45) is 5.58. The third-order valence-electron chi connectivity index (χ3n) is 5.54. The molecule has 0 spiro atoms. The van der Waals surface area contributed by atoms with Gasteiger partial charge in [0.1, 0.15) is 5.60 Å². The van der Waals surface area contributed by atoms with Crippen molar-refractivity contribution in [2.75, 3.05) is 0 Å². The Balaban J connectivity index is 1.92. The number of hydrogen-bond acceptors (Lipinski definition) is 3. The van der Waals surface area contributed by atoms with Gasteiger partial charge in [0.2, 0.25) is 0 Å². The normalized spacial score (nSPS) is 47.2. The third kappa shape index (κ3) is 1.94. The predicted molar refractivity (Wildman–Crippen MR) is 72.4 cm³/mol. The molecule has 0 aliphatic heterocycles. The van der Waals surface area contributed by atoms with Crippen molar-refractivity contribution in [3.8, 4) is 0 Å². The van der Waals surface area contributed by atoms with Gasteiger partial charge in [0, 0.05) is 17.9 Å². The zero-order valence-corrected chi connectivity index (χ0v) is 11.9. The minimum Gasteiger partial charge on any atom is -0.455 e. The molecule has 4 aliphatic rings. The lowest BCUT2D eigenvalue weighted by Crippen LogP contribution is -2.65. The summed E-state index contributed by atoms with van der Waals surface area (Å²) in [5.74, 6) is 1.17. The fourth-order valence-corrected chi connectivity index (χ4v) is 5.27. The van der Waals surface area contributed by atoms with Crippen LogP contribution in [-0.2, 0) is 9.53 Å². The molecule has 0 saturated heterocycles. The molecule has 4 aliphatic carbocycles. The van der Waals surface area contributed by atoms with Gasteiger partial charge in [-0.3, -0.25) is 0 Å². The fraction of sp³-hybridized carbons (Fsp3) is 0.812. The molecule has 0 amide bonds. The molecule has 0 aromatic rings. The van der Waals surface area contributed by atoms with E-state index in [0.717, 1.165) is 25.7 Å². The zero-order chi connectivity index (χ0) is 13.8. The monoisotopic (exact) mass is 264 g/mol. The number of rotatable bonds is 3. The predicted octanol–water partition coefficient (Wildman–Crippen LogP) is 2.83. The average molecular weight is 264 g/mol. The van der Waals surface area contributed by atoms with Crippen molar-refractivity contribution in [2.45, 2.75) is 63.6 Å². The van der Waals surface area contributed by atoms with E-state index in [1.54, 1.807) is 6.92 Å². The molecule has 4 saturated carbocycles. The Morgan fingerprint density at radius 1 is 1.42 bits per heavy atom. The van der Waals surface area contributed by atoms with Crippen LogP contribution in [0.25, 0.3) is 0 Å². The summed E-state index contributed by atoms with van der Waals surface area (Å²) in [7, 11) is 0. The smallest absolute Gasteiger partial charge is 0.333 e. The van der Waals surface area contributed by atoms with Gasteiger partial charge in [-0.1, -0.05) is 13.5 Å². The Morgan fingerprint density at radius 3 is 2.74 bits per heavy atom. The van der Waals surface area contributed by atoms with Crippen LogP contribution in [0.4, 0.5) is 0 Å². The van der Waals surface area contributed by atoms with E-state index >= 15 is 0 Å². The summed E-state index contributed by atoms with van der Waals surface area (Å²) < 4.78 is 5.88. The first kappa shape index (κ1) is 13.2. The molecule has 5 atom stereocenters. The number of esters is 1. The Bertz CT molecular complexity index is 430. The van der Waals surface area contributed by atoms with Crippen molar-refractivity contribution in [1.82, 2.24) is 0 Å². The first-order chi connectivity index (χ1) is 8.87. The molecule has 1 N–H and O–H groups in total. The second-order valence-corrected chi connectivity index (χ2v) is 7.12. The van der Waals surface area contributed by atoms with Gasteiger partial charge in [0.15, 0.2) is 0 Å². The van der Waals surface area contributed by atoms with Crippen molar-refractivity contribution in [3.05, 3.63) is 12.2 Å². The number of aliphatic hydroxyl groups is 1. The number of ether oxygens (including phenoxy) is 1. The molecule has 3 heteroatoms. The maximum absolute atomic E-state index is 12.0. The molecule has 5 unspecified atom stereocenters. The van der Waals surface area contributed by atoms with Crippen LogP contribution < -0.4 is 0 Å². The summed E-state index contributed by atoms with van der Waals surface area (Å²) in [5.41, 5.74) is -0.561. The van der Waals surface area contributed by atoms with Gasteiger partial charge in [0.05, 0.1) is 5.60 Å². The molecule has 4 fully saturated rings. The molecule has 0 aromatic carbocycles. The van der Waals surface area contributed by atoms with E-state index in [2.05, 4.69) is 13.5 Å². The summed E-state index contributed by atoms with van der Waals surface area (Å²) in [6, 6.07) is 0. The van der Waals surface area contributed by atoms with Gasteiger partial charge in [-0.05, 0) is 50.9 Å². The summed E-state index contributed by atoms with van der Waals surface area (Å²) >= 11 is 0. The lowest BCUT2D eigenvalue weighted by molar-refractivity contribution is -0.244. The number of carbonyl (C=O) groups excluding carboxylic acids is 1. The van der Waals surface area contributed by atoms with Crippen LogP contribution in [0.2, 0.25) is 0 Å². The molecular formula is C16H24O3. The topological polar surface area (TPSA) is 46.5 Å². The van der Waals surface area contributed by atoms with E-state index < -0.39 is 11.2 Å².